The van der Waals surface area contributed by atoms with Crippen molar-refractivity contribution in [2.24, 2.45) is 5.73 Å². The van der Waals surface area contributed by atoms with E-state index in [2.05, 4.69) is 37.3 Å². The van der Waals surface area contributed by atoms with E-state index in [4.69, 9.17) is 10.2 Å². The molecule has 1 atom stereocenters. The fraction of sp³-hybridized carbons (Fsp3) is 0.500. The van der Waals surface area contributed by atoms with Crippen molar-refractivity contribution in [1.29, 1.82) is 0 Å². The molecule has 0 saturated carbocycles. The van der Waals surface area contributed by atoms with E-state index in [1.54, 1.807) is 0 Å². The van der Waals surface area contributed by atoms with Gasteiger partial charge in [-0.2, -0.15) is 11.8 Å². The van der Waals surface area contributed by atoms with Gasteiger partial charge in [0, 0.05) is 23.5 Å². The number of benzene rings is 1. The Morgan fingerprint density at radius 1 is 1.35 bits per heavy atom. The molecule has 1 aromatic carbocycles. The smallest absolute Gasteiger partial charge is 0.134 e. The van der Waals surface area contributed by atoms with Crippen molar-refractivity contribution in [3.63, 3.8) is 0 Å². The summed E-state index contributed by atoms with van der Waals surface area (Å²) < 4.78 is 5.85. The molecule has 0 aliphatic heterocycles. The normalized spacial score (nSPS) is 13.2. The first-order valence-electron chi connectivity index (χ1n) is 7.06. The molecule has 1 aromatic heterocycles. The second kappa shape index (κ2) is 7.16. The van der Waals surface area contributed by atoms with Crippen molar-refractivity contribution in [2.75, 3.05) is 19.1 Å². The van der Waals surface area contributed by atoms with E-state index in [1.807, 2.05) is 23.9 Å². The number of hydrogen-bond donors (Lipinski definition) is 1. The molecule has 0 aliphatic carbocycles. The number of nitrogens with zero attached hydrogens (tertiary/aromatic N) is 1. The van der Waals surface area contributed by atoms with Crippen molar-refractivity contribution in [3.05, 3.63) is 35.6 Å². The Hall–Kier alpha value is -0.970. The maximum Gasteiger partial charge on any atom is 0.134 e. The van der Waals surface area contributed by atoms with Crippen LogP contribution in [0.1, 0.15) is 24.7 Å². The van der Waals surface area contributed by atoms with E-state index >= 15 is 0 Å². The van der Waals surface area contributed by atoms with Gasteiger partial charge in [-0.3, -0.25) is 4.90 Å². The van der Waals surface area contributed by atoms with Crippen LogP contribution in [-0.4, -0.2) is 30.0 Å². The van der Waals surface area contributed by atoms with Crippen LogP contribution in [0, 0.1) is 0 Å². The Labute approximate surface area is 125 Å². The molecule has 110 valence electrons. The van der Waals surface area contributed by atoms with E-state index in [0.717, 1.165) is 17.9 Å². The summed E-state index contributed by atoms with van der Waals surface area (Å²) >= 11 is 1.90. The predicted molar refractivity (Wildman–Crippen MR) is 88.0 cm³/mol. The third-order valence-corrected chi connectivity index (χ3v) is 4.51. The highest BCUT2D eigenvalue weighted by Crippen LogP contribution is 2.27. The maximum atomic E-state index is 5.85. The quantitative estimate of drug-likeness (QED) is 0.848. The van der Waals surface area contributed by atoms with E-state index in [0.29, 0.717) is 12.6 Å². The lowest BCUT2D eigenvalue weighted by Crippen LogP contribution is -2.29. The maximum absolute atomic E-state index is 5.85. The lowest BCUT2D eigenvalue weighted by Gasteiger charge is -2.24. The van der Waals surface area contributed by atoms with E-state index in [-0.39, 0.29) is 0 Å². The van der Waals surface area contributed by atoms with Crippen LogP contribution in [0.4, 0.5) is 0 Å². The molecule has 1 heterocycles. The molecule has 2 N–H and O–H groups in total. The molecule has 20 heavy (non-hydrogen) atoms. The zero-order chi connectivity index (χ0) is 14.5. The Morgan fingerprint density at radius 2 is 2.10 bits per heavy atom. The summed E-state index contributed by atoms with van der Waals surface area (Å²) in [6.45, 7) is 3.62. The SMILES string of the molecule is CSCCC(C)N(C)Cc1c(CN)oc2ccccc12. The van der Waals surface area contributed by atoms with E-state index < -0.39 is 0 Å². The van der Waals surface area contributed by atoms with Crippen LogP contribution >= 0.6 is 11.8 Å². The van der Waals surface area contributed by atoms with Gasteiger partial charge >= 0.3 is 0 Å². The number of fused-ring (bicyclic) bond motifs is 1. The Kier molecular flexibility index (Phi) is 5.52. The van der Waals surface area contributed by atoms with E-state index in [1.165, 1.54) is 23.1 Å². The molecule has 0 fully saturated rings. The van der Waals surface area contributed by atoms with Gasteiger partial charge in [-0.15, -0.1) is 0 Å². The molecular formula is C16H24N2OS. The molecule has 2 rings (SSSR count). The molecule has 4 heteroatoms. The zero-order valence-corrected chi connectivity index (χ0v) is 13.4. The Bertz CT molecular complexity index is 552. The minimum Gasteiger partial charge on any atom is -0.459 e. The van der Waals surface area contributed by atoms with Gasteiger partial charge in [0.15, 0.2) is 0 Å². The topological polar surface area (TPSA) is 42.4 Å². The summed E-state index contributed by atoms with van der Waals surface area (Å²) in [5.41, 5.74) is 8.01. The first-order valence-corrected chi connectivity index (χ1v) is 8.45. The third kappa shape index (κ3) is 3.37. The number of furan rings is 1. The van der Waals surface area contributed by atoms with E-state index in [9.17, 15) is 0 Å². The van der Waals surface area contributed by atoms with Crippen molar-refractivity contribution >= 4 is 22.7 Å². The van der Waals surface area contributed by atoms with Crippen molar-refractivity contribution in [1.82, 2.24) is 4.90 Å². The molecule has 0 bridgehead atoms. The van der Waals surface area contributed by atoms with Crippen LogP contribution in [0.25, 0.3) is 11.0 Å². The fourth-order valence-corrected chi connectivity index (χ4v) is 2.98. The van der Waals surface area contributed by atoms with Crippen molar-refractivity contribution < 1.29 is 4.42 Å². The van der Waals surface area contributed by atoms with Crippen LogP contribution in [0.2, 0.25) is 0 Å². The summed E-state index contributed by atoms with van der Waals surface area (Å²) in [6.07, 6.45) is 3.36. The number of hydrogen-bond acceptors (Lipinski definition) is 4. The molecule has 0 amide bonds. The van der Waals surface area contributed by atoms with Crippen LogP contribution < -0.4 is 5.73 Å². The molecule has 0 saturated heterocycles. The number of nitrogens with two attached hydrogens (primary N) is 1. The second-order valence-electron chi connectivity index (χ2n) is 5.25. The molecule has 0 radical (unpaired) electrons. The van der Waals surface area contributed by atoms with Gasteiger partial charge in [-0.25, -0.2) is 0 Å². The fourth-order valence-electron chi connectivity index (χ4n) is 2.40. The first kappa shape index (κ1) is 15.4. The molecule has 3 nitrogen and oxygen atoms in total. The lowest BCUT2D eigenvalue weighted by molar-refractivity contribution is 0.244. The zero-order valence-electron chi connectivity index (χ0n) is 12.6. The van der Waals surface area contributed by atoms with Crippen molar-refractivity contribution in [3.8, 4) is 0 Å². The van der Waals surface area contributed by atoms with Crippen LogP contribution in [0.5, 0.6) is 0 Å². The Balaban J connectivity index is 2.19. The van der Waals surface area contributed by atoms with Crippen LogP contribution in [0.3, 0.4) is 0 Å². The Morgan fingerprint density at radius 3 is 2.80 bits per heavy atom. The van der Waals surface area contributed by atoms with Gasteiger partial charge in [-0.05, 0) is 38.5 Å². The number of para-hydroxylation sites is 1. The van der Waals surface area contributed by atoms with Gasteiger partial charge in [0.25, 0.3) is 0 Å². The number of thioether (sulfide) groups is 1. The summed E-state index contributed by atoms with van der Waals surface area (Å²) in [4.78, 5) is 2.38. The molecule has 1 unspecified atom stereocenters. The molecule has 0 aliphatic rings. The summed E-state index contributed by atoms with van der Waals surface area (Å²) in [5, 5.41) is 1.19. The number of rotatable bonds is 7. The second-order valence-corrected chi connectivity index (χ2v) is 6.24. The summed E-state index contributed by atoms with van der Waals surface area (Å²) in [6, 6.07) is 8.74. The monoisotopic (exact) mass is 292 g/mol. The van der Waals surface area contributed by atoms with Gasteiger partial charge < -0.3 is 10.2 Å². The van der Waals surface area contributed by atoms with Crippen LogP contribution in [0.15, 0.2) is 28.7 Å². The predicted octanol–water partition coefficient (Wildman–Crippen LogP) is 3.46. The molecule has 0 spiro atoms. The molecule has 2 aromatic rings. The first-order chi connectivity index (χ1) is 9.67. The highest BCUT2D eigenvalue weighted by atomic mass is 32.2. The van der Waals surface area contributed by atoms with Gasteiger partial charge in [-0.1, -0.05) is 18.2 Å². The summed E-state index contributed by atoms with van der Waals surface area (Å²) in [7, 11) is 2.17. The largest absolute Gasteiger partial charge is 0.459 e. The molecular weight excluding hydrogens is 268 g/mol. The average Bonchev–Trinajstić information content (AvgIpc) is 2.82. The lowest BCUT2D eigenvalue weighted by atomic mass is 10.1. The third-order valence-electron chi connectivity index (χ3n) is 3.87. The minimum absolute atomic E-state index is 0.455. The van der Waals surface area contributed by atoms with Crippen LogP contribution in [-0.2, 0) is 13.1 Å². The highest BCUT2D eigenvalue weighted by Gasteiger charge is 2.17. The van der Waals surface area contributed by atoms with Gasteiger partial charge in [0.1, 0.15) is 11.3 Å². The summed E-state index contributed by atoms with van der Waals surface area (Å²) in [5.74, 6) is 2.11. The average molecular weight is 292 g/mol. The standard InChI is InChI=1S/C16H24N2OS/c1-12(8-9-20-3)18(2)11-14-13-6-4-5-7-15(13)19-16(14)10-17/h4-7,12H,8-11,17H2,1-3H3. The van der Waals surface area contributed by atoms with Gasteiger partial charge in [0.2, 0.25) is 0 Å². The van der Waals surface area contributed by atoms with Crippen molar-refractivity contribution in [2.45, 2.75) is 32.5 Å². The highest BCUT2D eigenvalue weighted by molar-refractivity contribution is 7.98. The minimum atomic E-state index is 0.455. The van der Waals surface area contributed by atoms with Gasteiger partial charge in [0.05, 0.1) is 6.54 Å².